The Labute approximate surface area is 151 Å². The van der Waals surface area contributed by atoms with Crippen molar-refractivity contribution >= 4 is 27.9 Å². The molecule has 1 aliphatic heterocycles. The van der Waals surface area contributed by atoms with Crippen LogP contribution in [-0.4, -0.2) is 20.9 Å². The van der Waals surface area contributed by atoms with Gasteiger partial charge in [-0.25, -0.2) is 0 Å². The van der Waals surface area contributed by atoms with E-state index in [4.69, 9.17) is 0 Å². The van der Waals surface area contributed by atoms with Gasteiger partial charge in [0.2, 0.25) is 5.25 Å². The highest BCUT2D eigenvalue weighted by Gasteiger charge is 2.44. The van der Waals surface area contributed by atoms with Crippen molar-refractivity contribution in [2.45, 2.75) is 24.8 Å². The maximum Gasteiger partial charge on any atom is 0.416 e. The normalized spacial score (nSPS) is 21.9. The third-order valence-corrected chi connectivity index (χ3v) is 5.38. The van der Waals surface area contributed by atoms with Crippen LogP contribution in [0.15, 0.2) is 53.5 Å². The van der Waals surface area contributed by atoms with Gasteiger partial charge < -0.3 is 4.55 Å². The quantitative estimate of drug-likeness (QED) is 0.829. The molecule has 1 saturated heterocycles. The van der Waals surface area contributed by atoms with Gasteiger partial charge in [0, 0.05) is 17.6 Å². The highest BCUT2D eigenvalue weighted by molar-refractivity contribution is 8.08. The number of aliphatic imine (C=N–C) groups is 1. The van der Waals surface area contributed by atoms with Gasteiger partial charge in [0.25, 0.3) is 5.91 Å². The molecule has 26 heavy (non-hydrogen) atoms. The van der Waals surface area contributed by atoms with E-state index >= 15 is 0 Å². The molecule has 0 bridgehead atoms. The standard InChI is InChI=1S/C18H15F3N2O2S/c1-11-5-7-14(8-6-11)22-17-23-16(24)15(26(17)25)10-12-3-2-4-13(9-12)18(19,20)21/h2-9,15H,10H2,1H3,(H,22,23,24). The summed E-state index contributed by atoms with van der Waals surface area (Å²) >= 11 is -1.75. The molecule has 8 heteroatoms. The zero-order valence-corrected chi connectivity index (χ0v) is 14.5. The SMILES string of the molecule is Cc1ccc(/N=C2/NC(=O)C(Cc3cccc(C(F)(F)F)c3)[S+]2[O-])cc1. The van der Waals surface area contributed by atoms with Crippen molar-refractivity contribution in [2.24, 2.45) is 4.99 Å². The molecule has 2 aromatic carbocycles. The Bertz CT molecular complexity index is 850. The molecule has 2 unspecified atom stereocenters. The van der Waals surface area contributed by atoms with Crippen molar-refractivity contribution in [3.05, 3.63) is 65.2 Å². The summed E-state index contributed by atoms with van der Waals surface area (Å²) in [5, 5.41) is 1.52. The Balaban J connectivity index is 1.79. The van der Waals surface area contributed by atoms with Crippen molar-refractivity contribution < 1.29 is 22.5 Å². The summed E-state index contributed by atoms with van der Waals surface area (Å²) in [7, 11) is 0. The number of halogens is 3. The van der Waals surface area contributed by atoms with E-state index in [1.54, 1.807) is 12.1 Å². The number of aryl methyl sites for hydroxylation is 1. The van der Waals surface area contributed by atoms with Crippen LogP contribution in [-0.2, 0) is 28.6 Å². The lowest BCUT2D eigenvalue weighted by Crippen LogP contribution is -2.27. The average molecular weight is 380 g/mol. The van der Waals surface area contributed by atoms with Gasteiger partial charge in [-0.3, -0.25) is 10.1 Å². The maximum absolute atomic E-state index is 12.8. The van der Waals surface area contributed by atoms with Gasteiger partial charge in [-0.1, -0.05) is 35.9 Å². The molecule has 0 spiro atoms. The number of amidine groups is 1. The Morgan fingerprint density at radius 3 is 2.54 bits per heavy atom. The molecule has 1 fully saturated rings. The van der Waals surface area contributed by atoms with Crippen LogP contribution in [0, 0.1) is 6.92 Å². The zero-order valence-electron chi connectivity index (χ0n) is 13.7. The Hall–Kier alpha value is -2.32. The van der Waals surface area contributed by atoms with E-state index in [1.165, 1.54) is 12.1 Å². The second-order valence-corrected chi connectivity index (χ2v) is 7.48. The van der Waals surface area contributed by atoms with Gasteiger partial charge in [0.1, 0.15) is 0 Å². The fraction of sp³-hybridized carbons (Fsp3) is 0.222. The van der Waals surface area contributed by atoms with Crippen LogP contribution in [0.3, 0.4) is 0 Å². The molecule has 1 amide bonds. The van der Waals surface area contributed by atoms with E-state index in [1.807, 2.05) is 19.1 Å². The monoisotopic (exact) mass is 380 g/mol. The molecule has 0 radical (unpaired) electrons. The summed E-state index contributed by atoms with van der Waals surface area (Å²) in [6.07, 6.45) is -4.53. The largest absolute Gasteiger partial charge is 0.608 e. The van der Waals surface area contributed by atoms with Crippen molar-refractivity contribution in [3.8, 4) is 0 Å². The number of carbonyl (C=O) groups is 1. The van der Waals surface area contributed by atoms with Crippen LogP contribution in [0.2, 0.25) is 0 Å². The highest BCUT2D eigenvalue weighted by atomic mass is 32.2. The average Bonchev–Trinajstić information content (AvgIpc) is 2.84. The molecule has 0 aromatic heterocycles. The van der Waals surface area contributed by atoms with Crippen LogP contribution in [0.25, 0.3) is 0 Å². The molecule has 0 aliphatic carbocycles. The van der Waals surface area contributed by atoms with E-state index in [0.29, 0.717) is 11.3 Å². The molecule has 2 atom stereocenters. The first kappa shape index (κ1) is 18.5. The number of carbonyl (C=O) groups excluding carboxylic acids is 1. The number of hydrogen-bond donors (Lipinski definition) is 1. The van der Waals surface area contributed by atoms with Crippen molar-refractivity contribution in [1.29, 1.82) is 0 Å². The summed E-state index contributed by atoms with van der Waals surface area (Å²) < 4.78 is 51.0. The van der Waals surface area contributed by atoms with Crippen LogP contribution >= 0.6 is 0 Å². The number of benzene rings is 2. The van der Waals surface area contributed by atoms with Crippen LogP contribution in [0.5, 0.6) is 0 Å². The Morgan fingerprint density at radius 2 is 1.88 bits per heavy atom. The topological polar surface area (TPSA) is 64.5 Å². The van der Waals surface area contributed by atoms with E-state index in [-0.39, 0.29) is 11.6 Å². The number of nitrogens with one attached hydrogen (secondary N) is 1. The summed E-state index contributed by atoms with van der Waals surface area (Å²) in [6.45, 7) is 1.91. The lowest BCUT2D eigenvalue weighted by molar-refractivity contribution is -0.137. The minimum atomic E-state index is -4.47. The molecule has 2 aromatic rings. The van der Waals surface area contributed by atoms with Gasteiger partial charge >= 0.3 is 11.3 Å². The fourth-order valence-corrected chi connectivity index (χ4v) is 3.80. The highest BCUT2D eigenvalue weighted by Crippen LogP contribution is 2.30. The van der Waals surface area contributed by atoms with E-state index < -0.39 is 34.1 Å². The Morgan fingerprint density at radius 1 is 1.19 bits per heavy atom. The van der Waals surface area contributed by atoms with Gasteiger partial charge in [-0.2, -0.15) is 18.2 Å². The second-order valence-electron chi connectivity index (χ2n) is 5.93. The predicted molar refractivity (Wildman–Crippen MR) is 93.5 cm³/mol. The lowest BCUT2D eigenvalue weighted by atomic mass is 10.1. The number of alkyl halides is 3. The number of amides is 1. The van der Waals surface area contributed by atoms with Gasteiger partial charge in [-0.15, -0.1) is 0 Å². The minimum absolute atomic E-state index is 0.0239. The zero-order chi connectivity index (χ0) is 18.9. The molecule has 3 rings (SSSR count). The predicted octanol–water partition coefficient (Wildman–Crippen LogP) is 3.49. The van der Waals surface area contributed by atoms with Gasteiger partial charge in [-0.05, 0) is 30.7 Å². The first-order valence-corrected chi connectivity index (χ1v) is 8.98. The first-order chi connectivity index (χ1) is 12.2. The van der Waals surface area contributed by atoms with Crippen LogP contribution in [0.4, 0.5) is 18.9 Å². The third-order valence-electron chi connectivity index (χ3n) is 3.91. The van der Waals surface area contributed by atoms with Crippen LogP contribution < -0.4 is 5.32 Å². The molecule has 4 nitrogen and oxygen atoms in total. The molecular weight excluding hydrogens is 365 g/mol. The number of nitrogens with zero attached hydrogens (tertiary/aromatic N) is 1. The first-order valence-electron chi connectivity index (χ1n) is 7.77. The lowest BCUT2D eigenvalue weighted by Gasteiger charge is -2.12. The van der Waals surface area contributed by atoms with Gasteiger partial charge in [0.05, 0.1) is 11.3 Å². The van der Waals surface area contributed by atoms with Crippen LogP contribution in [0.1, 0.15) is 16.7 Å². The van der Waals surface area contributed by atoms with E-state index in [9.17, 15) is 22.5 Å². The molecule has 0 saturated carbocycles. The third kappa shape index (κ3) is 4.08. The fourth-order valence-electron chi connectivity index (χ4n) is 2.53. The Kier molecular flexibility index (Phi) is 5.06. The maximum atomic E-state index is 12.8. The number of hydrogen-bond acceptors (Lipinski definition) is 3. The van der Waals surface area contributed by atoms with E-state index in [2.05, 4.69) is 10.3 Å². The summed E-state index contributed by atoms with van der Waals surface area (Å²) in [4.78, 5) is 16.3. The molecular formula is C18H15F3N2O2S. The number of rotatable bonds is 3. The molecule has 1 aliphatic rings. The van der Waals surface area contributed by atoms with Crippen molar-refractivity contribution in [2.75, 3.05) is 0 Å². The molecule has 1 N–H and O–H groups in total. The summed E-state index contributed by atoms with van der Waals surface area (Å²) in [5.41, 5.74) is 1.07. The summed E-state index contributed by atoms with van der Waals surface area (Å²) in [6, 6.07) is 11.8. The van der Waals surface area contributed by atoms with Gasteiger partial charge in [0.15, 0.2) is 0 Å². The van der Waals surface area contributed by atoms with Crippen molar-refractivity contribution in [1.82, 2.24) is 5.32 Å². The smallest absolute Gasteiger partial charge is 0.416 e. The molecule has 1 heterocycles. The molecule has 136 valence electrons. The summed E-state index contributed by atoms with van der Waals surface area (Å²) in [5.74, 6) is -0.508. The van der Waals surface area contributed by atoms with Crippen molar-refractivity contribution in [3.63, 3.8) is 0 Å². The van der Waals surface area contributed by atoms with E-state index in [0.717, 1.165) is 17.7 Å². The minimum Gasteiger partial charge on any atom is -0.608 e. The second kappa shape index (κ2) is 7.13.